The van der Waals surface area contributed by atoms with Crippen LogP contribution in [-0.4, -0.2) is 16.7 Å². The van der Waals surface area contributed by atoms with Gasteiger partial charge in [-0.25, -0.2) is 4.90 Å². The lowest BCUT2D eigenvalue weighted by atomic mass is 9.91. The SMILES string of the molecule is C[C@]1(c2ccccc2)OC(c2ccccc2)=C(c2ccccc2)C(=O)N1C(=O)/C(=C/c1ccccc1)c1ccccc1. The van der Waals surface area contributed by atoms with Gasteiger partial charge in [0.25, 0.3) is 11.8 Å². The van der Waals surface area contributed by atoms with Crippen LogP contribution >= 0.6 is 0 Å². The zero-order valence-electron chi connectivity index (χ0n) is 23.2. The number of hydrogen-bond acceptors (Lipinski definition) is 3. The summed E-state index contributed by atoms with van der Waals surface area (Å²) in [6, 6.07) is 47.4. The first-order valence-corrected chi connectivity index (χ1v) is 13.9. The van der Waals surface area contributed by atoms with E-state index < -0.39 is 17.5 Å². The second-order valence-electron chi connectivity index (χ2n) is 10.2. The number of nitrogens with zero attached hydrogens (tertiary/aromatic N) is 1. The Kier molecular flexibility index (Phi) is 7.35. The van der Waals surface area contributed by atoms with Gasteiger partial charge in [0.1, 0.15) is 5.76 Å². The number of carbonyl (C=O) groups excluding carboxylic acids is 2. The molecule has 6 rings (SSSR count). The summed E-state index contributed by atoms with van der Waals surface area (Å²) in [6.45, 7) is 1.79. The highest BCUT2D eigenvalue weighted by Crippen LogP contribution is 2.45. The van der Waals surface area contributed by atoms with Crippen LogP contribution in [0, 0.1) is 0 Å². The molecule has 0 aliphatic carbocycles. The molecule has 4 heteroatoms. The number of rotatable bonds is 6. The van der Waals surface area contributed by atoms with Gasteiger partial charge in [0.2, 0.25) is 5.72 Å². The van der Waals surface area contributed by atoms with Crippen LogP contribution in [0.25, 0.3) is 23.0 Å². The second kappa shape index (κ2) is 11.6. The molecule has 0 spiro atoms. The topological polar surface area (TPSA) is 46.6 Å². The molecule has 1 heterocycles. The van der Waals surface area contributed by atoms with Crippen molar-refractivity contribution in [3.63, 3.8) is 0 Å². The summed E-state index contributed by atoms with van der Waals surface area (Å²) in [4.78, 5) is 31.0. The smallest absolute Gasteiger partial charge is 0.268 e. The lowest BCUT2D eigenvalue weighted by Gasteiger charge is -2.45. The minimum Gasteiger partial charge on any atom is -0.462 e. The molecule has 0 fully saturated rings. The van der Waals surface area contributed by atoms with E-state index in [1.165, 1.54) is 4.90 Å². The van der Waals surface area contributed by atoms with Crippen molar-refractivity contribution in [1.29, 1.82) is 0 Å². The zero-order chi connectivity index (χ0) is 28.9. The predicted octanol–water partition coefficient (Wildman–Crippen LogP) is 8.05. The van der Waals surface area contributed by atoms with Gasteiger partial charge in [0, 0.05) is 23.6 Å². The Morgan fingerprint density at radius 3 is 1.69 bits per heavy atom. The third-order valence-corrected chi connectivity index (χ3v) is 7.41. The minimum absolute atomic E-state index is 0.329. The van der Waals surface area contributed by atoms with E-state index in [4.69, 9.17) is 4.74 Å². The van der Waals surface area contributed by atoms with Crippen LogP contribution in [0.15, 0.2) is 152 Å². The third-order valence-electron chi connectivity index (χ3n) is 7.41. The molecule has 4 nitrogen and oxygen atoms in total. The number of ether oxygens (including phenoxy) is 1. The quantitative estimate of drug-likeness (QED) is 0.160. The molecule has 1 aliphatic heterocycles. The molecular formula is C38H29NO3. The molecule has 0 saturated heterocycles. The van der Waals surface area contributed by atoms with Gasteiger partial charge >= 0.3 is 0 Å². The van der Waals surface area contributed by atoms with Crippen molar-refractivity contribution in [1.82, 2.24) is 4.90 Å². The van der Waals surface area contributed by atoms with Gasteiger partial charge in [-0.3, -0.25) is 9.59 Å². The summed E-state index contributed by atoms with van der Waals surface area (Å²) < 4.78 is 6.89. The van der Waals surface area contributed by atoms with E-state index in [0.717, 1.165) is 11.1 Å². The first-order chi connectivity index (χ1) is 20.6. The van der Waals surface area contributed by atoms with Gasteiger partial charge in [0.05, 0.1) is 5.57 Å². The van der Waals surface area contributed by atoms with Gasteiger partial charge in [-0.2, -0.15) is 0 Å². The molecule has 0 radical (unpaired) electrons. The highest BCUT2D eigenvalue weighted by atomic mass is 16.5. The van der Waals surface area contributed by atoms with Crippen molar-refractivity contribution in [2.45, 2.75) is 12.6 Å². The van der Waals surface area contributed by atoms with Crippen molar-refractivity contribution in [3.8, 4) is 0 Å². The van der Waals surface area contributed by atoms with E-state index in [0.29, 0.717) is 33.6 Å². The summed E-state index contributed by atoms with van der Waals surface area (Å²) in [7, 11) is 0. The highest BCUT2D eigenvalue weighted by molar-refractivity contribution is 6.36. The average Bonchev–Trinajstić information content (AvgIpc) is 3.05. The van der Waals surface area contributed by atoms with Crippen LogP contribution in [0.3, 0.4) is 0 Å². The molecule has 5 aromatic carbocycles. The van der Waals surface area contributed by atoms with Crippen molar-refractivity contribution >= 4 is 34.8 Å². The molecule has 2 amide bonds. The minimum atomic E-state index is -1.44. The van der Waals surface area contributed by atoms with Crippen molar-refractivity contribution in [2.75, 3.05) is 0 Å². The third kappa shape index (κ3) is 5.06. The molecule has 0 unspecified atom stereocenters. The maximum absolute atomic E-state index is 14.9. The summed E-state index contributed by atoms with van der Waals surface area (Å²) in [5.41, 5.74) is 2.92. The Labute approximate surface area is 245 Å². The van der Waals surface area contributed by atoms with Gasteiger partial charge in [-0.1, -0.05) is 152 Å². The first kappa shape index (κ1) is 26.7. The second-order valence-corrected chi connectivity index (χ2v) is 10.2. The van der Waals surface area contributed by atoms with Crippen LogP contribution in [0.4, 0.5) is 0 Å². The largest absolute Gasteiger partial charge is 0.462 e. The van der Waals surface area contributed by atoms with E-state index in [1.54, 1.807) is 6.92 Å². The van der Waals surface area contributed by atoms with Crippen molar-refractivity contribution < 1.29 is 14.3 Å². The molecule has 0 saturated carbocycles. The van der Waals surface area contributed by atoms with E-state index in [-0.39, 0.29) is 0 Å². The standard InChI is InChI=1S/C38H29NO3/c1-38(32-25-15-6-16-26-32)39(36(40)33(29-19-9-3-10-20-29)27-28-17-7-2-8-18-28)37(41)34(30-21-11-4-12-22-30)35(42-38)31-23-13-5-14-24-31/h2-27H,1H3/b33-27+/t38-/m1/s1. The maximum Gasteiger partial charge on any atom is 0.268 e. The lowest BCUT2D eigenvalue weighted by Crippen LogP contribution is -2.55. The first-order valence-electron chi connectivity index (χ1n) is 13.9. The Balaban J connectivity index is 1.61. The summed E-state index contributed by atoms with van der Waals surface area (Å²) >= 11 is 0. The molecule has 204 valence electrons. The van der Waals surface area contributed by atoms with E-state index in [2.05, 4.69) is 0 Å². The molecule has 0 bridgehead atoms. The maximum atomic E-state index is 14.9. The predicted molar refractivity (Wildman–Crippen MR) is 167 cm³/mol. The van der Waals surface area contributed by atoms with Gasteiger partial charge in [0.15, 0.2) is 0 Å². The number of imide groups is 1. The molecule has 0 N–H and O–H groups in total. The molecule has 0 aromatic heterocycles. The van der Waals surface area contributed by atoms with Crippen LogP contribution in [-0.2, 0) is 20.1 Å². The normalized spacial score (nSPS) is 17.1. The number of amides is 2. The molecule has 1 atom stereocenters. The van der Waals surface area contributed by atoms with Gasteiger partial charge < -0.3 is 4.74 Å². The van der Waals surface area contributed by atoms with Crippen LogP contribution in [0.1, 0.15) is 34.7 Å². The van der Waals surface area contributed by atoms with E-state index >= 15 is 0 Å². The summed E-state index contributed by atoms with van der Waals surface area (Å²) in [5.74, 6) is -0.463. The molecular weight excluding hydrogens is 518 g/mol. The number of carbonyl (C=O) groups is 2. The van der Waals surface area contributed by atoms with Crippen LogP contribution in [0.5, 0.6) is 0 Å². The zero-order valence-corrected chi connectivity index (χ0v) is 23.2. The fourth-order valence-electron chi connectivity index (χ4n) is 5.29. The number of hydrogen-bond donors (Lipinski definition) is 0. The summed E-state index contributed by atoms with van der Waals surface area (Å²) in [6.07, 6.45) is 1.83. The Morgan fingerprint density at radius 2 is 1.12 bits per heavy atom. The molecule has 1 aliphatic rings. The Bertz CT molecular complexity index is 1760. The fourth-order valence-corrected chi connectivity index (χ4v) is 5.29. The molecule has 5 aromatic rings. The van der Waals surface area contributed by atoms with Gasteiger partial charge in [-0.15, -0.1) is 0 Å². The highest BCUT2D eigenvalue weighted by Gasteiger charge is 2.50. The summed E-state index contributed by atoms with van der Waals surface area (Å²) in [5, 5.41) is 0. The fraction of sp³-hybridized carbons (Fsp3) is 0.0526. The van der Waals surface area contributed by atoms with E-state index in [1.807, 2.05) is 158 Å². The number of benzene rings is 5. The molecule has 42 heavy (non-hydrogen) atoms. The van der Waals surface area contributed by atoms with Crippen molar-refractivity contribution in [3.05, 3.63) is 179 Å². The van der Waals surface area contributed by atoms with Crippen LogP contribution < -0.4 is 0 Å². The lowest BCUT2D eigenvalue weighted by molar-refractivity contribution is -0.166. The van der Waals surface area contributed by atoms with Crippen molar-refractivity contribution in [2.24, 2.45) is 0 Å². The van der Waals surface area contributed by atoms with Crippen LogP contribution in [0.2, 0.25) is 0 Å². The Morgan fingerprint density at radius 1 is 0.643 bits per heavy atom. The monoisotopic (exact) mass is 547 g/mol. The van der Waals surface area contributed by atoms with E-state index in [9.17, 15) is 9.59 Å². The Hall–Kier alpha value is -5.48. The average molecular weight is 548 g/mol. The van der Waals surface area contributed by atoms with Gasteiger partial charge in [-0.05, 0) is 22.8 Å².